The average Bonchev–Trinajstić information content (AvgIpc) is 2.53. The normalized spacial score (nSPS) is 15.3. The highest BCUT2D eigenvalue weighted by Crippen LogP contribution is 2.03. The highest BCUT2D eigenvalue weighted by atomic mass is 16.5. The summed E-state index contributed by atoms with van der Waals surface area (Å²) in [6.07, 6.45) is 0. The van der Waals surface area contributed by atoms with Crippen molar-refractivity contribution in [1.82, 2.24) is 15.5 Å². The second kappa shape index (κ2) is 8.51. The molecule has 1 fully saturated rings. The Morgan fingerprint density at radius 2 is 1.91 bits per heavy atom. The number of ether oxygens (including phenoxy) is 1. The monoisotopic (exact) mass is 305 g/mol. The summed E-state index contributed by atoms with van der Waals surface area (Å²) in [4.78, 5) is 25.6. The Kier molecular flexibility index (Phi) is 6.36. The van der Waals surface area contributed by atoms with Crippen molar-refractivity contribution < 1.29 is 14.3 Å². The van der Waals surface area contributed by atoms with Crippen molar-refractivity contribution in [2.24, 2.45) is 0 Å². The van der Waals surface area contributed by atoms with E-state index in [9.17, 15) is 9.59 Å². The topological polar surface area (TPSA) is 70.7 Å². The van der Waals surface area contributed by atoms with E-state index in [0.717, 1.165) is 44.0 Å². The van der Waals surface area contributed by atoms with Crippen molar-refractivity contribution >= 4 is 11.8 Å². The lowest BCUT2D eigenvalue weighted by Crippen LogP contribution is -2.44. The van der Waals surface area contributed by atoms with E-state index in [1.165, 1.54) is 0 Å². The van der Waals surface area contributed by atoms with E-state index in [1.54, 1.807) is 0 Å². The maximum Gasteiger partial charge on any atom is 0.309 e. The van der Waals surface area contributed by atoms with Crippen LogP contribution < -0.4 is 10.6 Å². The molecule has 1 aliphatic heterocycles. The summed E-state index contributed by atoms with van der Waals surface area (Å²) in [5, 5.41) is 5.27. The molecule has 2 rings (SSSR count). The van der Waals surface area contributed by atoms with Gasteiger partial charge in [0.1, 0.15) is 0 Å². The molecule has 1 aromatic carbocycles. The number of hydrogen-bond donors (Lipinski definition) is 2. The van der Waals surface area contributed by atoms with Crippen molar-refractivity contribution in [2.75, 3.05) is 39.4 Å². The Balaban J connectivity index is 1.65. The smallest absolute Gasteiger partial charge is 0.309 e. The van der Waals surface area contributed by atoms with Gasteiger partial charge in [-0.05, 0) is 12.5 Å². The van der Waals surface area contributed by atoms with Gasteiger partial charge in [-0.3, -0.25) is 14.5 Å². The number of hydrogen-bond acceptors (Lipinski definition) is 4. The van der Waals surface area contributed by atoms with Gasteiger partial charge in [0.15, 0.2) is 0 Å². The van der Waals surface area contributed by atoms with Crippen LogP contribution in [0.15, 0.2) is 24.3 Å². The fourth-order valence-corrected chi connectivity index (χ4v) is 2.32. The van der Waals surface area contributed by atoms with E-state index in [1.807, 2.05) is 31.2 Å². The van der Waals surface area contributed by atoms with Gasteiger partial charge < -0.3 is 15.4 Å². The van der Waals surface area contributed by atoms with Gasteiger partial charge >= 0.3 is 11.8 Å². The number of benzene rings is 1. The number of rotatable bonds is 5. The molecule has 6 heteroatoms. The van der Waals surface area contributed by atoms with Gasteiger partial charge in [-0.25, -0.2) is 0 Å². The molecule has 0 saturated carbocycles. The number of morpholine rings is 1. The zero-order valence-corrected chi connectivity index (χ0v) is 12.9. The molecule has 1 aliphatic rings. The fourth-order valence-electron chi connectivity index (χ4n) is 2.32. The van der Waals surface area contributed by atoms with Crippen LogP contribution in [0.4, 0.5) is 0 Å². The van der Waals surface area contributed by atoms with Crippen molar-refractivity contribution in [3.05, 3.63) is 35.4 Å². The van der Waals surface area contributed by atoms with Gasteiger partial charge in [0.25, 0.3) is 0 Å². The second-order valence-corrected chi connectivity index (χ2v) is 5.38. The molecule has 6 nitrogen and oxygen atoms in total. The summed E-state index contributed by atoms with van der Waals surface area (Å²) < 4.78 is 5.25. The molecule has 1 heterocycles. The van der Waals surface area contributed by atoms with Crippen molar-refractivity contribution in [2.45, 2.75) is 13.5 Å². The van der Waals surface area contributed by atoms with Crippen LogP contribution in [0.25, 0.3) is 0 Å². The average molecular weight is 305 g/mol. The predicted octanol–water partition coefficient (Wildman–Crippen LogP) is 0.0596. The third-order valence-corrected chi connectivity index (χ3v) is 3.56. The van der Waals surface area contributed by atoms with E-state index in [2.05, 4.69) is 15.5 Å². The van der Waals surface area contributed by atoms with Crippen LogP contribution in [0.5, 0.6) is 0 Å². The standard InChI is InChI=1S/C16H23N3O3/c1-13-3-2-4-14(11-13)12-18-16(21)15(20)17-5-6-19-7-9-22-10-8-19/h2-4,11H,5-10,12H2,1H3,(H,17,20)(H,18,21). The molecule has 2 amide bonds. The number of nitrogens with zero attached hydrogens (tertiary/aromatic N) is 1. The van der Waals surface area contributed by atoms with Crippen LogP contribution in [0, 0.1) is 6.92 Å². The van der Waals surface area contributed by atoms with Crippen molar-refractivity contribution in [3.8, 4) is 0 Å². The van der Waals surface area contributed by atoms with Crippen LogP contribution in [0.3, 0.4) is 0 Å². The van der Waals surface area contributed by atoms with Gasteiger partial charge in [-0.1, -0.05) is 29.8 Å². The van der Waals surface area contributed by atoms with Gasteiger partial charge in [0, 0.05) is 32.7 Å². The predicted molar refractivity (Wildman–Crippen MR) is 83.3 cm³/mol. The van der Waals surface area contributed by atoms with Crippen LogP contribution in [-0.4, -0.2) is 56.1 Å². The number of carbonyl (C=O) groups excluding carboxylic acids is 2. The fraction of sp³-hybridized carbons (Fsp3) is 0.500. The van der Waals surface area contributed by atoms with Gasteiger partial charge in [-0.2, -0.15) is 0 Å². The van der Waals surface area contributed by atoms with Gasteiger partial charge in [0.05, 0.1) is 13.2 Å². The Morgan fingerprint density at radius 3 is 2.64 bits per heavy atom. The molecule has 0 aromatic heterocycles. The number of amides is 2. The third kappa shape index (κ3) is 5.46. The summed E-state index contributed by atoms with van der Waals surface area (Å²) >= 11 is 0. The minimum atomic E-state index is -0.594. The number of nitrogens with one attached hydrogen (secondary N) is 2. The summed E-state index contributed by atoms with van der Waals surface area (Å²) in [7, 11) is 0. The molecule has 0 atom stereocenters. The molecule has 0 bridgehead atoms. The molecular formula is C16H23N3O3. The summed E-state index contributed by atoms with van der Waals surface area (Å²) in [6, 6.07) is 7.82. The highest BCUT2D eigenvalue weighted by Gasteiger charge is 2.14. The zero-order valence-electron chi connectivity index (χ0n) is 12.9. The summed E-state index contributed by atoms with van der Waals surface area (Å²) in [6.45, 7) is 6.75. The maximum absolute atomic E-state index is 11.7. The van der Waals surface area contributed by atoms with Crippen molar-refractivity contribution in [1.29, 1.82) is 0 Å². The molecule has 1 aromatic rings. The minimum Gasteiger partial charge on any atom is -0.379 e. The summed E-state index contributed by atoms with van der Waals surface area (Å²) in [5.41, 5.74) is 2.11. The molecule has 0 aliphatic carbocycles. The Morgan fingerprint density at radius 1 is 1.18 bits per heavy atom. The SMILES string of the molecule is Cc1cccc(CNC(=O)C(=O)NCCN2CCOCC2)c1. The largest absolute Gasteiger partial charge is 0.379 e. The second-order valence-electron chi connectivity index (χ2n) is 5.38. The minimum absolute atomic E-state index is 0.359. The first-order valence-electron chi connectivity index (χ1n) is 7.57. The first-order chi connectivity index (χ1) is 10.6. The molecule has 0 unspecified atom stereocenters. The Bertz CT molecular complexity index is 513. The Hall–Kier alpha value is -1.92. The molecular weight excluding hydrogens is 282 g/mol. The van der Waals surface area contributed by atoms with E-state index in [4.69, 9.17) is 4.74 Å². The lowest BCUT2D eigenvalue weighted by atomic mass is 10.1. The third-order valence-electron chi connectivity index (χ3n) is 3.56. The van der Waals surface area contributed by atoms with Crippen LogP contribution in [-0.2, 0) is 20.9 Å². The van der Waals surface area contributed by atoms with E-state index in [0.29, 0.717) is 13.1 Å². The molecule has 2 N–H and O–H groups in total. The van der Waals surface area contributed by atoms with Crippen LogP contribution in [0.1, 0.15) is 11.1 Å². The molecule has 120 valence electrons. The number of aryl methyl sites for hydroxylation is 1. The van der Waals surface area contributed by atoms with Crippen LogP contribution >= 0.6 is 0 Å². The lowest BCUT2D eigenvalue weighted by Gasteiger charge is -2.26. The van der Waals surface area contributed by atoms with Crippen molar-refractivity contribution in [3.63, 3.8) is 0 Å². The molecule has 1 saturated heterocycles. The molecule has 0 spiro atoms. The van der Waals surface area contributed by atoms with Gasteiger partial charge in [-0.15, -0.1) is 0 Å². The quantitative estimate of drug-likeness (QED) is 0.755. The van der Waals surface area contributed by atoms with E-state index in [-0.39, 0.29) is 0 Å². The zero-order chi connectivity index (χ0) is 15.8. The first kappa shape index (κ1) is 16.5. The van der Waals surface area contributed by atoms with Gasteiger partial charge in [0.2, 0.25) is 0 Å². The lowest BCUT2D eigenvalue weighted by molar-refractivity contribution is -0.139. The molecule has 0 radical (unpaired) electrons. The maximum atomic E-state index is 11.7. The van der Waals surface area contributed by atoms with Crippen LogP contribution in [0.2, 0.25) is 0 Å². The van der Waals surface area contributed by atoms with E-state index >= 15 is 0 Å². The number of carbonyl (C=O) groups is 2. The highest BCUT2D eigenvalue weighted by molar-refractivity contribution is 6.35. The molecule has 22 heavy (non-hydrogen) atoms. The Labute approximate surface area is 130 Å². The van der Waals surface area contributed by atoms with E-state index < -0.39 is 11.8 Å². The first-order valence-corrected chi connectivity index (χ1v) is 7.57. The summed E-state index contributed by atoms with van der Waals surface area (Å²) in [5.74, 6) is -1.18.